The normalized spacial score (nSPS) is 8.31. The van der Waals surface area contributed by atoms with Gasteiger partial charge in [-0.15, -0.1) is 5.10 Å². The van der Waals surface area contributed by atoms with E-state index in [1.807, 2.05) is 36.4 Å². The molecule has 0 atom stereocenters. The topological polar surface area (TPSA) is 51.8 Å². The molecule has 13 heavy (non-hydrogen) atoms. The number of anilines is 1. The first-order valence-electron chi connectivity index (χ1n) is 3.93. The fourth-order valence-corrected chi connectivity index (χ4v) is 0.698. The van der Waals surface area contributed by atoms with Gasteiger partial charge in [-0.05, 0) is 12.1 Å². The van der Waals surface area contributed by atoms with Gasteiger partial charge in [-0.1, -0.05) is 36.4 Å². The lowest BCUT2D eigenvalue weighted by Crippen LogP contribution is -1.88. The highest BCUT2D eigenvalue weighted by Gasteiger charge is 1.75. The molecule has 1 aromatic carbocycles. The van der Waals surface area contributed by atoms with Gasteiger partial charge in [0, 0.05) is 6.20 Å². The van der Waals surface area contributed by atoms with E-state index in [4.69, 9.17) is 5.73 Å². The van der Waals surface area contributed by atoms with Gasteiger partial charge in [-0.25, -0.2) is 0 Å². The lowest BCUT2D eigenvalue weighted by molar-refractivity contribution is 1.04. The molecule has 0 spiro atoms. The van der Waals surface area contributed by atoms with Gasteiger partial charge >= 0.3 is 0 Å². The highest BCUT2D eigenvalue weighted by atomic mass is 15.1. The van der Waals surface area contributed by atoms with Crippen molar-refractivity contribution in [3.8, 4) is 0 Å². The van der Waals surface area contributed by atoms with Crippen LogP contribution in [0.1, 0.15) is 0 Å². The van der Waals surface area contributed by atoms with Crippen LogP contribution in [0.25, 0.3) is 0 Å². The maximum atomic E-state index is 5.18. The minimum absolute atomic E-state index is 0.461. The third-order valence-electron chi connectivity index (χ3n) is 1.26. The minimum Gasteiger partial charge on any atom is -0.382 e. The Morgan fingerprint density at radius 1 is 0.846 bits per heavy atom. The number of nitrogens with zero attached hydrogens (tertiary/aromatic N) is 2. The molecule has 0 saturated carbocycles. The van der Waals surface area contributed by atoms with Crippen molar-refractivity contribution in [1.82, 2.24) is 10.2 Å². The van der Waals surface area contributed by atoms with Crippen molar-refractivity contribution in [2.24, 2.45) is 0 Å². The molecule has 1 heterocycles. The fourth-order valence-electron chi connectivity index (χ4n) is 0.698. The van der Waals surface area contributed by atoms with Gasteiger partial charge in [0.15, 0.2) is 0 Å². The first-order valence-corrected chi connectivity index (χ1v) is 3.93. The number of aromatic nitrogens is 2. The van der Waals surface area contributed by atoms with Crippen molar-refractivity contribution >= 4 is 5.82 Å². The maximum absolute atomic E-state index is 5.18. The molecule has 0 aliphatic heterocycles. The van der Waals surface area contributed by atoms with Crippen molar-refractivity contribution in [3.63, 3.8) is 0 Å². The Morgan fingerprint density at radius 2 is 1.38 bits per heavy atom. The van der Waals surface area contributed by atoms with E-state index in [1.165, 1.54) is 0 Å². The van der Waals surface area contributed by atoms with Crippen LogP contribution < -0.4 is 5.73 Å². The van der Waals surface area contributed by atoms with Crippen LogP contribution in [0, 0.1) is 0 Å². The molecule has 0 fully saturated rings. The van der Waals surface area contributed by atoms with Gasteiger partial charge in [0.25, 0.3) is 0 Å². The smallest absolute Gasteiger partial charge is 0.146 e. The van der Waals surface area contributed by atoms with Crippen LogP contribution in [0.4, 0.5) is 5.82 Å². The molecule has 0 radical (unpaired) electrons. The highest BCUT2D eigenvalue weighted by molar-refractivity contribution is 5.22. The predicted octanol–water partition coefficient (Wildman–Crippen LogP) is 1.75. The number of nitrogens with two attached hydrogens (primary N) is 1. The molecule has 0 amide bonds. The van der Waals surface area contributed by atoms with E-state index in [2.05, 4.69) is 10.2 Å². The summed E-state index contributed by atoms with van der Waals surface area (Å²) in [4.78, 5) is 0. The van der Waals surface area contributed by atoms with E-state index in [0.717, 1.165) is 0 Å². The monoisotopic (exact) mass is 173 g/mol. The third-order valence-corrected chi connectivity index (χ3v) is 1.26. The zero-order chi connectivity index (χ0) is 9.36. The minimum atomic E-state index is 0.461. The summed E-state index contributed by atoms with van der Waals surface area (Å²) in [5.41, 5.74) is 5.18. The SMILES string of the molecule is Nc1cccnn1.c1ccccc1. The maximum Gasteiger partial charge on any atom is 0.146 e. The van der Waals surface area contributed by atoms with Gasteiger partial charge in [-0.2, -0.15) is 5.10 Å². The summed E-state index contributed by atoms with van der Waals surface area (Å²) in [5.74, 6) is 0.461. The van der Waals surface area contributed by atoms with Gasteiger partial charge in [0.2, 0.25) is 0 Å². The Kier molecular flexibility index (Phi) is 4.04. The number of hydrogen-bond donors (Lipinski definition) is 1. The lowest BCUT2D eigenvalue weighted by atomic mass is 10.4. The van der Waals surface area contributed by atoms with E-state index in [1.54, 1.807) is 18.3 Å². The van der Waals surface area contributed by atoms with Crippen LogP contribution in [0.3, 0.4) is 0 Å². The summed E-state index contributed by atoms with van der Waals surface area (Å²) in [6.45, 7) is 0. The van der Waals surface area contributed by atoms with E-state index >= 15 is 0 Å². The van der Waals surface area contributed by atoms with Crippen molar-refractivity contribution in [1.29, 1.82) is 0 Å². The standard InChI is InChI=1S/C6H6.C4H5N3/c1-2-4-6-5-3-1;5-4-2-1-3-6-7-4/h1-6H;1-3H,(H2,5,7). The zero-order valence-corrected chi connectivity index (χ0v) is 7.17. The summed E-state index contributed by atoms with van der Waals surface area (Å²) in [6, 6.07) is 15.4. The van der Waals surface area contributed by atoms with Crippen molar-refractivity contribution < 1.29 is 0 Å². The first-order chi connectivity index (χ1) is 6.39. The van der Waals surface area contributed by atoms with Crippen molar-refractivity contribution in [3.05, 3.63) is 54.7 Å². The molecule has 2 aromatic rings. The Hall–Kier alpha value is -1.90. The molecule has 3 heteroatoms. The molecule has 0 aliphatic carbocycles. The quantitative estimate of drug-likeness (QED) is 0.660. The third kappa shape index (κ3) is 4.53. The molecule has 0 aliphatic rings. The Morgan fingerprint density at radius 3 is 1.62 bits per heavy atom. The van der Waals surface area contributed by atoms with Gasteiger partial charge in [0.05, 0.1) is 0 Å². The molecule has 0 bridgehead atoms. The summed E-state index contributed by atoms with van der Waals surface area (Å²) in [7, 11) is 0. The molecule has 2 rings (SSSR count). The lowest BCUT2D eigenvalue weighted by Gasteiger charge is -1.81. The van der Waals surface area contributed by atoms with E-state index in [9.17, 15) is 0 Å². The van der Waals surface area contributed by atoms with Gasteiger partial charge < -0.3 is 5.73 Å². The van der Waals surface area contributed by atoms with E-state index in [0.29, 0.717) is 5.82 Å². The molecule has 66 valence electrons. The predicted molar refractivity (Wildman–Crippen MR) is 52.9 cm³/mol. The van der Waals surface area contributed by atoms with Gasteiger partial charge in [-0.3, -0.25) is 0 Å². The zero-order valence-electron chi connectivity index (χ0n) is 7.17. The van der Waals surface area contributed by atoms with Crippen LogP contribution in [-0.4, -0.2) is 10.2 Å². The second-order valence-corrected chi connectivity index (χ2v) is 2.30. The average molecular weight is 173 g/mol. The summed E-state index contributed by atoms with van der Waals surface area (Å²) >= 11 is 0. The largest absolute Gasteiger partial charge is 0.382 e. The summed E-state index contributed by atoms with van der Waals surface area (Å²) in [6.07, 6.45) is 1.58. The number of nitrogen functional groups attached to an aromatic ring is 1. The Labute approximate surface area is 77.2 Å². The molecule has 0 saturated heterocycles. The molecule has 2 N–H and O–H groups in total. The number of hydrogen-bond acceptors (Lipinski definition) is 3. The second-order valence-electron chi connectivity index (χ2n) is 2.30. The van der Waals surface area contributed by atoms with E-state index < -0.39 is 0 Å². The van der Waals surface area contributed by atoms with Crippen LogP contribution in [0.5, 0.6) is 0 Å². The van der Waals surface area contributed by atoms with Crippen molar-refractivity contribution in [2.75, 3.05) is 5.73 Å². The van der Waals surface area contributed by atoms with Gasteiger partial charge in [0.1, 0.15) is 5.82 Å². The number of rotatable bonds is 0. The molecular formula is C10H11N3. The number of benzene rings is 1. The summed E-state index contributed by atoms with van der Waals surface area (Å²) < 4.78 is 0. The molecule has 1 aromatic heterocycles. The van der Waals surface area contributed by atoms with Crippen molar-refractivity contribution in [2.45, 2.75) is 0 Å². The first kappa shape index (κ1) is 9.19. The van der Waals surface area contributed by atoms with E-state index in [-0.39, 0.29) is 0 Å². The molecule has 0 unspecified atom stereocenters. The second kappa shape index (κ2) is 5.71. The Balaban J connectivity index is 0.000000132. The highest BCUT2D eigenvalue weighted by Crippen LogP contribution is 1.86. The average Bonchev–Trinajstić information content (AvgIpc) is 2.22. The Bertz CT molecular complexity index is 281. The van der Waals surface area contributed by atoms with Crippen LogP contribution in [0.15, 0.2) is 54.7 Å². The summed E-state index contributed by atoms with van der Waals surface area (Å²) in [5, 5.41) is 7.02. The molecule has 3 nitrogen and oxygen atoms in total. The van der Waals surface area contributed by atoms with Crippen LogP contribution in [-0.2, 0) is 0 Å². The molecular weight excluding hydrogens is 162 g/mol. The van der Waals surface area contributed by atoms with Crippen LogP contribution >= 0.6 is 0 Å². The fraction of sp³-hybridized carbons (Fsp3) is 0. The van der Waals surface area contributed by atoms with Crippen LogP contribution in [0.2, 0.25) is 0 Å².